The third-order valence-corrected chi connectivity index (χ3v) is 2.37. The lowest BCUT2D eigenvalue weighted by Gasteiger charge is -2.09. The normalized spacial score (nSPS) is 10.4. The number of ether oxygens (including phenoxy) is 1. The summed E-state index contributed by atoms with van der Waals surface area (Å²) in [6, 6.07) is 3.58. The lowest BCUT2D eigenvalue weighted by molar-refractivity contribution is 0.0600. The number of esters is 1. The number of methoxy groups -OCH3 is 1. The Morgan fingerprint density at radius 2 is 2.19 bits per heavy atom. The van der Waals surface area contributed by atoms with Gasteiger partial charge >= 0.3 is 5.97 Å². The number of nitrogens with zero attached hydrogens (tertiary/aromatic N) is 1. The van der Waals surface area contributed by atoms with Crippen LogP contribution in [0.2, 0.25) is 0 Å². The van der Waals surface area contributed by atoms with Gasteiger partial charge in [0.1, 0.15) is 0 Å². The van der Waals surface area contributed by atoms with Gasteiger partial charge in [-0.1, -0.05) is 18.2 Å². The molecule has 0 amide bonds. The first-order valence-corrected chi connectivity index (χ1v) is 4.97. The minimum absolute atomic E-state index is 0.352. The van der Waals surface area contributed by atoms with Gasteiger partial charge < -0.3 is 4.74 Å². The van der Waals surface area contributed by atoms with Gasteiger partial charge in [-0.15, -0.1) is 0 Å². The maximum absolute atomic E-state index is 11.5. The molecule has 0 atom stereocenters. The van der Waals surface area contributed by atoms with E-state index in [9.17, 15) is 4.79 Å². The van der Waals surface area contributed by atoms with Gasteiger partial charge in [-0.05, 0) is 32.2 Å². The molecule has 16 heavy (non-hydrogen) atoms. The summed E-state index contributed by atoms with van der Waals surface area (Å²) in [5, 5.41) is 0. The number of aliphatic imine (C=N–C) groups is 1. The van der Waals surface area contributed by atoms with Crippen molar-refractivity contribution in [3.8, 4) is 0 Å². The highest BCUT2D eigenvalue weighted by Gasteiger charge is 2.13. The fourth-order valence-corrected chi connectivity index (χ4v) is 1.58. The molecule has 0 heterocycles. The molecule has 0 aliphatic carbocycles. The molecule has 0 bridgehead atoms. The second kappa shape index (κ2) is 5.26. The molecule has 0 N–H and O–H groups in total. The Morgan fingerprint density at radius 3 is 2.69 bits per heavy atom. The number of benzene rings is 1. The van der Waals surface area contributed by atoms with Crippen LogP contribution in [0.5, 0.6) is 0 Å². The van der Waals surface area contributed by atoms with Gasteiger partial charge in [0.2, 0.25) is 0 Å². The Bertz CT molecular complexity index is 447. The minimum Gasteiger partial charge on any atom is -0.465 e. The van der Waals surface area contributed by atoms with Crippen molar-refractivity contribution in [3.05, 3.63) is 34.9 Å². The van der Waals surface area contributed by atoms with Crippen molar-refractivity contribution in [3.63, 3.8) is 0 Å². The number of rotatable bonds is 3. The van der Waals surface area contributed by atoms with Gasteiger partial charge in [-0.3, -0.25) is 4.99 Å². The van der Waals surface area contributed by atoms with Gasteiger partial charge in [0.25, 0.3) is 0 Å². The van der Waals surface area contributed by atoms with Crippen LogP contribution in [0.3, 0.4) is 0 Å². The van der Waals surface area contributed by atoms with Crippen LogP contribution >= 0.6 is 0 Å². The van der Waals surface area contributed by atoms with E-state index in [1.54, 1.807) is 6.07 Å². The summed E-state index contributed by atoms with van der Waals surface area (Å²) in [7, 11) is 1.36. The van der Waals surface area contributed by atoms with Crippen LogP contribution in [-0.2, 0) is 4.74 Å². The molecule has 0 saturated heterocycles. The molecule has 1 aromatic rings. The molecule has 84 valence electrons. The monoisotopic (exact) mass is 217 g/mol. The zero-order chi connectivity index (χ0) is 12.1. The van der Waals surface area contributed by atoms with E-state index in [4.69, 9.17) is 4.74 Å². The standard InChI is InChI=1S/C13H15NO2/c1-5-6-10-7-8-11(13(15)16-4)9(2)12(10)14-3/h5-8H,3H2,1-2,4H3/b6-5-. The van der Waals surface area contributed by atoms with Crippen LogP contribution in [0.1, 0.15) is 28.4 Å². The molecule has 0 fully saturated rings. The van der Waals surface area contributed by atoms with Crippen molar-refractivity contribution in [2.24, 2.45) is 4.99 Å². The first-order valence-electron chi connectivity index (χ1n) is 4.97. The summed E-state index contributed by atoms with van der Waals surface area (Å²) in [5.74, 6) is -0.352. The summed E-state index contributed by atoms with van der Waals surface area (Å²) in [6.45, 7) is 7.29. The smallest absolute Gasteiger partial charge is 0.338 e. The zero-order valence-corrected chi connectivity index (χ0v) is 9.78. The van der Waals surface area contributed by atoms with Crippen LogP contribution in [0.4, 0.5) is 5.69 Å². The van der Waals surface area contributed by atoms with Gasteiger partial charge in [0.05, 0.1) is 18.4 Å². The second-order valence-electron chi connectivity index (χ2n) is 3.33. The Morgan fingerprint density at radius 1 is 1.50 bits per heavy atom. The molecular weight excluding hydrogens is 202 g/mol. The molecular formula is C13H15NO2. The van der Waals surface area contributed by atoms with E-state index < -0.39 is 0 Å². The summed E-state index contributed by atoms with van der Waals surface area (Å²) in [6.07, 6.45) is 3.85. The SMILES string of the molecule is C=Nc1c(/C=C\C)ccc(C(=O)OC)c1C. The molecule has 0 unspecified atom stereocenters. The molecule has 3 heteroatoms. The van der Waals surface area contributed by atoms with E-state index in [-0.39, 0.29) is 5.97 Å². The largest absolute Gasteiger partial charge is 0.465 e. The maximum Gasteiger partial charge on any atom is 0.338 e. The molecule has 0 saturated carbocycles. The predicted molar refractivity (Wildman–Crippen MR) is 66.4 cm³/mol. The highest BCUT2D eigenvalue weighted by Crippen LogP contribution is 2.28. The quantitative estimate of drug-likeness (QED) is 0.576. The molecule has 1 rings (SSSR count). The van der Waals surface area contributed by atoms with Crippen LogP contribution < -0.4 is 0 Å². The molecule has 0 aliphatic rings. The summed E-state index contributed by atoms with van der Waals surface area (Å²) >= 11 is 0. The zero-order valence-electron chi connectivity index (χ0n) is 9.78. The van der Waals surface area contributed by atoms with Crippen molar-refractivity contribution >= 4 is 24.5 Å². The van der Waals surface area contributed by atoms with Crippen molar-refractivity contribution in [2.45, 2.75) is 13.8 Å². The molecule has 1 aromatic carbocycles. The summed E-state index contributed by atoms with van der Waals surface area (Å²) in [5.41, 5.74) is 2.99. The fraction of sp³-hybridized carbons (Fsp3) is 0.231. The molecule has 0 aliphatic heterocycles. The Balaban J connectivity index is 3.39. The van der Waals surface area contributed by atoms with Gasteiger partial charge in [-0.25, -0.2) is 4.79 Å². The molecule has 0 spiro atoms. The Hall–Kier alpha value is -1.90. The molecule has 0 aromatic heterocycles. The minimum atomic E-state index is -0.352. The van der Waals surface area contributed by atoms with Crippen molar-refractivity contribution in [1.29, 1.82) is 0 Å². The van der Waals surface area contributed by atoms with E-state index >= 15 is 0 Å². The number of hydrogen-bond donors (Lipinski definition) is 0. The second-order valence-corrected chi connectivity index (χ2v) is 3.33. The van der Waals surface area contributed by atoms with Crippen molar-refractivity contribution < 1.29 is 9.53 Å². The van der Waals surface area contributed by atoms with Gasteiger partial charge in [0, 0.05) is 5.56 Å². The van der Waals surface area contributed by atoms with Gasteiger partial charge in [0.15, 0.2) is 0 Å². The third kappa shape index (κ3) is 2.19. The number of hydrogen-bond acceptors (Lipinski definition) is 3. The van der Waals surface area contributed by atoms with Crippen LogP contribution in [0, 0.1) is 6.92 Å². The topological polar surface area (TPSA) is 38.7 Å². The van der Waals surface area contributed by atoms with E-state index in [0.717, 1.165) is 16.8 Å². The average molecular weight is 217 g/mol. The molecule has 3 nitrogen and oxygen atoms in total. The summed E-state index contributed by atoms with van der Waals surface area (Å²) in [4.78, 5) is 15.4. The highest BCUT2D eigenvalue weighted by molar-refractivity contribution is 5.93. The summed E-state index contributed by atoms with van der Waals surface area (Å²) < 4.78 is 4.70. The first kappa shape index (κ1) is 12.2. The maximum atomic E-state index is 11.5. The number of carbonyl (C=O) groups excluding carboxylic acids is 1. The van der Waals surface area contributed by atoms with Gasteiger partial charge in [-0.2, -0.15) is 0 Å². The Labute approximate surface area is 95.5 Å². The van der Waals surface area contributed by atoms with E-state index in [0.29, 0.717) is 5.56 Å². The fourth-order valence-electron chi connectivity index (χ4n) is 1.58. The van der Waals surface area contributed by atoms with E-state index in [1.807, 2.05) is 32.1 Å². The Kier molecular flexibility index (Phi) is 4.00. The number of allylic oxidation sites excluding steroid dienone is 1. The van der Waals surface area contributed by atoms with Crippen molar-refractivity contribution in [2.75, 3.05) is 7.11 Å². The lowest BCUT2D eigenvalue weighted by atomic mass is 10.0. The van der Waals surface area contributed by atoms with Crippen LogP contribution in [0.15, 0.2) is 23.2 Å². The van der Waals surface area contributed by atoms with Crippen LogP contribution in [0.25, 0.3) is 6.08 Å². The average Bonchev–Trinajstić information content (AvgIpc) is 2.29. The predicted octanol–water partition coefficient (Wildman–Crippen LogP) is 3.15. The van der Waals surface area contributed by atoms with Crippen molar-refractivity contribution in [1.82, 2.24) is 0 Å². The van der Waals surface area contributed by atoms with E-state index in [2.05, 4.69) is 11.7 Å². The highest BCUT2D eigenvalue weighted by atomic mass is 16.5. The molecule has 0 radical (unpaired) electrons. The first-order chi connectivity index (χ1) is 7.65. The lowest BCUT2D eigenvalue weighted by Crippen LogP contribution is -2.04. The van der Waals surface area contributed by atoms with Crippen LogP contribution in [-0.4, -0.2) is 19.8 Å². The number of carbonyl (C=O) groups is 1. The van der Waals surface area contributed by atoms with E-state index in [1.165, 1.54) is 7.11 Å². The third-order valence-electron chi connectivity index (χ3n) is 2.37.